The summed E-state index contributed by atoms with van der Waals surface area (Å²) in [6.07, 6.45) is -0.768. The fourth-order valence-corrected chi connectivity index (χ4v) is 2.22. The summed E-state index contributed by atoms with van der Waals surface area (Å²) in [4.78, 5) is 12.1. The molecule has 25 heavy (non-hydrogen) atoms. The third-order valence-electron chi connectivity index (χ3n) is 3.77. The van der Waals surface area contributed by atoms with E-state index in [0.29, 0.717) is 16.7 Å². The fourth-order valence-electron chi connectivity index (χ4n) is 2.22. The lowest BCUT2D eigenvalue weighted by Gasteiger charge is -2.31. The minimum atomic E-state index is -1.10. The predicted octanol–water partition coefficient (Wildman–Crippen LogP) is 4.33. The molecule has 5 nitrogen and oxygen atoms in total. The van der Waals surface area contributed by atoms with Crippen LogP contribution < -0.4 is 0 Å². The SMILES string of the molecule is CC(C)(C)OC(=O)OC(C)(C)c1cc(C(C)(C)O)cc(C(C)(C)O)c1. The number of rotatable bonds is 4. The van der Waals surface area contributed by atoms with Crippen molar-refractivity contribution in [2.45, 2.75) is 84.7 Å². The molecule has 0 aliphatic heterocycles. The van der Waals surface area contributed by atoms with E-state index in [2.05, 4.69) is 0 Å². The number of hydrogen-bond acceptors (Lipinski definition) is 5. The van der Waals surface area contributed by atoms with Gasteiger partial charge in [0.1, 0.15) is 11.2 Å². The molecule has 0 atom stereocenters. The lowest BCUT2D eigenvalue weighted by Crippen LogP contribution is -2.32. The van der Waals surface area contributed by atoms with Gasteiger partial charge in [0.05, 0.1) is 11.2 Å². The van der Waals surface area contributed by atoms with Crippen LogP contribution in [0.3, 0.4) is 0 Å². The second kappa shape index (κ2) is 6.61. The summed E-state index contributed by atoms with van der Waals surface area (Å²) in [6.45, 7) is 15.5. The molecule has 0 bridgehead atoms. The maximum atomic E-state index is 12.1. The lowest BCUT2D eigenvalue weighted by atomic mass is 9.85. The number of aliphatic hydroxyl groups is 2. The molecular formula is C20H32O5. The van der Waals surface area contributed by atoms with Gasteiger partial charge in [-0.25, -0.2) is 4.79 Å². The highest BCUT2D eigenvalue weighted by molar-refractivity contribution is 5.61. The van der Waals surface area contributed by atoms with Crippen molar-refractivity contribution in [2.24, 2.45) is 0 Å². The Morgan fingerprint density at radius 1 is 0.720 bits per heavy atom. The van der Waals surface area contributed by atoms with E-state index in [1.54, 1.807) is 80.5 Å². The van der Waals surface area contributed by atoms with Crippen LogP contribution in [0.1, 0.15) is 79.0 Å². The van der Waals surface area contributed by atoms with Gasteiger partial charge in [0.2, 0.25) is 0 Å². The van der Waals surface area contributed by atoms with E-state index in [9.17, 15) is 15.0 Å². The molecule has 0 spiro atoms. The Labute approximate surface area is 151 Å². The summed E-state index contributed by atoms with van der Waals surface area (Å²) in [5.41, 5.74) is -1.93. The molecule has 0 unspecified atom stereocenters. The number of hydrogen-bond donors (Lipinski definition) is 2. The minimum absolute atomic E-state index is 0.628. The van der Waals surface area contributed by atoms with E-state index in [1.807, 2.05) is 0 Å². The molecule has 0 fully saturated rings. The van der Waals surface area contributed by atoms with Crippen LogP contribution in [0.5, 0.6) is 0 Å². The Kier molecular flexibility index (Phi) is 5.68. The van der Waals surface area contributed by atoms with Crippen molar-refractivity contribution in [1.82, 2.24) is 0 Å². The molecule has 1 aromatic carbocycles. The smallest absolute Gasteiger partial charge is 0.429 e. The monoisotopic (exact) mass is 352 g/mol. The summed E-state index contributed by atoms with van der Waals surface area (Å²) in [7, 11) is 0. The highest BCUT2D eigenvalue weighted by Gasteiger charge is 2.32. The van der Waals surface area contributed by atoms with Crippen LogP contribution >= 0.6 is 0 Å². The Morgan fingerprint density at radius 2 is 1.08 bits per heavy atom. The fraction of sp³-hybridized carbons (Fsp3) is 0.650. The van der Waals surface area contributed by atoms with Crippen molar-refractivity contribution in [3.8, 4) is 0 Å². The summed E-state index contributed by atoms with van der Waals surface area (Å²) in [5.74, 6) is 0. The number of carbonyl (C=O) groups is 1. The zero-order valence-corrected chi connectivity index (χ0v) is 16.9. The largest absolute Gasteiger partial charge is 0.509 e. The third kappa shape index (κ3) is 6.33. The van der Waals surface area contributed by atoms with Crippen LogP contribution in [-0.2, 0) is 26.3 Å². The van der Waals surface area contributed by atoms with E-state index in [1.165, 1.54) is 0 Å². The van der Waals surface area contributed by atoms with Gasteiger partial charge in [0, 0.05) is 0 Å². The Hall–Kier alpha value is -1.59. The maximum absolute atomic E-state index is 12.1. The molecule has 0 aliphatic carbocycles. The minimum Gasteiger partial charge on any atom is -0.429 e. The number of carbonyl (C=O) groups excluding carboxylic acids is 1. The van der Waals surface area contributed by atoms with Gasteiger partial charge < -0.3 is 19.7 Å². The average Bonchev–Trinajstić information content (AvgIpc) is 2.32. The van der Waals surface area contributed by atoms with Gasteiger partial charge in [-0.05, 0) is 91.1 Å². The second-order valence-electron chi connectivity index (χ2n) is 8.99. The zero-order chi connectivity index (χ0) is 19.8. The Morgan fingerprint density at radius 3 is 1.40 bits per heavy atom. The second-order valence-corrected chi connectivity index (χ2v) is 8.99. The molecule has 0 aliphatic rings. The predicted molar refractivity (Wildman–Crippen MR) is 97.3 cm³/mol. The Bertz CT molecular complexity index is 593. The first-order valence-corrected chi connectivity index (χ1v) is 8.45. The van der Waals surface area contributed by atoms with E-state index in [0.717, 1.165) is 0 Å². The molecular weight excluding hydrogens is 320 g/mol. The van der Waals surface area contributed by atoms with Crippen LogP contribution in [0.15, 0.2) is 18.2 Å². The van der Waals surface area contributed by atoms with Crippen LogP contribution in [0.25, 0.3) is 0 Å². The standard InChI is InChI=1S/C20H32O5/c1-17(2,3)24-16(21)25-20(8,9)15-11-13(18(4,5)22)10-14(12-15)19(6,7)23/h10-12,22-23H,1-9H3. The molecule has 1 rings (SSSR count). The van der Waals surface area contributed by atoms with E-state index in [-0.39, 0.29) is 0 Å². The summed E-state index contributed by atoms with van der Waals surface area (Å²) in [5, 5.41) is 20.8. The Balaban J connectivity index is 3.32. The first-order chi connectivity index (χ1) is 10.9. The van der Waals surface area contributed by atoms with Gasteiger partial charge >= 0.3 is 6.16 Å². The molecule has 0 radical (unpaired) electrons. The molecule has 0 amide bonds. The average molecular weight is 352 g/mol. The topological polar surface area (TPSA) is 76.0 Å². The molecule has 1 aromatic rings. The molecule has 2 N–H and O–H groups in total. The van der Waals surface area contributed by atoms with Crippen molar-refractivity contribution in [3.05, 3.63) is 34.9 Å². The summed E-state index contributed by atoms with van der Waals surface area (Å²) >= 11 is 0. The molecule has 0 aromatic heterocycles. The van der Waals surface area contributed by atoms with Crippen LogP contribution in [0, 0.1) is 0 Å². The van der Waals surface area contributed by atoms with Gasteiger partial charge in [-0.3, -0.25) is 0 Å². The quantitative estimate of drug-likeness (QED) is 0.789. The first kappa shape index (κ1) is 21.5. The van der Waals surface area contributed by atoms with Crippen molar-refractivity contribution < 1.29 is 24.5 Å². The van der Waals surface area contributed by atoms with Gasteiger partial charge in [-0.15, -0.1) is 0 Å². The van der Waals surface area contributed by atoms with Gasteiger partial charge in [-0.1, -0.05) is 6.07 Å². The van der Waals surface area contributed by atoms with Crippen LogP contribution in [0.2, 0.25) is 0 Å². The van der Waals surface area contributed by atoms with E-state index < -0.39 is 28.6 Å². The highest BCUT2D eigenvalue weighted by atomic mass is 16.7. The first-order valence-electron chi connectivity index (χ1n) is 8.45. The van der Waals surface area contributed by atoms with E-state index in [4.69, 9.17) is 9.47 Å². The van der Waals surface area contributed by atoms with Gasteiger partial charge in [0.15, 0.2) is 0 Å². The molecule has 0 saturated heterocycles. The lowest BCUT2D eigenvalue weighted by molar-refractivity contribution is -0.0555. The third-order valence-corrected chi connectivity index (χ3v) is 3.77. The van der Waals surface area contributed by atoms with Crippen molar-refractivity contribution in [3.63, 3.8) is 0 Å². The normalized spacial score (nSPS) is 13.6. The molecule has 0 saturated carbocycles. The van der Waals surface area contributed by atoms with Crippen molar-refractivity contribution >= 4 is 6.16 Å². The van der Waals surface area contributed by atoms with Crippen molar-refractivity contribution in [1.29, 1.82) is 0 Å². The highest BCUT2D eigenvalue weighted by Crippen LogP contribution is 2.34. The van der Waals surface area contributed by atoms with Gasteiger partial charge in [0.25, 0.3) is 0 Å². The van der Waals surface area contributed by atoms with E-state index >= 15 is 0 Å². The summed E-state index contributed by atoms with van der Waals surface area (Å²) < 4.78 is 10.7. The number of ether oxygens (including phenoxy) is 2. The van der Waals surface area contributed by atoms with Crippen LogP contribution in [0.4, 0.5) is 4.79 Å². The van der Waals surface area contributed by atoms with Gasteiger partial charge in [-0.2, -0.15) is 0 Å². The molecule has 5 heteroatoms. The number of benzene rings is 1. The van der Waals surface area contributed by atoms with Crippen LogP contribution in [-0.4, -0.2) is 22.0 Å². The summed E-state index contributed by atoms with van der Waals surface area (Å²) in [6, 6.07) is 5.31. The molecule has 142 valence electrons. The maximum Gasteiger partial charge on any atom is 0.509 e. The zero-order valence-electron chi connectivity index (χ0n) is 16.9. The van der Waals surface area contributed by atoms with Crippen molar-refractivity contribution in [2.75, 3.05) is 0 Å². The molecule has 0 heterocycles.